The maximum atomic E-state index is 13.2. The molecular formula is C11H13BrCl2F3N3O. The number of amides is 1. The van der Waals surface area contributed by atoms with Crippen molar-refractivity contribution < 1.29 is 18.0 Å². The van der Waals surface area contributed by atoms with E-state index >= 15 is 0 Å². The van der Waals surface area contributed by atoms with Gasteiger partial charge in [0.05, 0.1) is 5.69 Å². The van der Waals surface area contributed by atoms with Crippen LogP contribution in [0, 0.1) is 0 Å². The molecule has 2 N–H and O–H groups in total. The monoisotopic (exact) mass is 409 g/mol. The van der Waals surface area contributed by atoms with Gasteiger partial charge in [-0.15, -0.1) is 24.0 Å². The highest BCUT2D eigenvalue weighted by atomic mass is 79.9. The van der Waals surface area contributed by atoms with Crippen LogP contribution >= 0.6 is 39.9 Å². The first-order valence-electron chi connectivity index (χ1n) is 5.55. The Balaban J connectivity index is 0.00000400. The number of halogens is 6. The number of hydrogen-bond donors (Lipinski definition) is 1. The number of aromatic nitrogens is 1. The molecule has 0 aliphatic carbocycles. The largest absolute Gasteiger partial charge is 0.414 e. The van der Waals surface area contributed by atoms with Gasteiger partial charge >= 0.3 is 6.18 Å². The van der Waals surface area contributed by atoms with Crippen LogP contribution in [0.25, 0.3) is 0 Å². The minimum atomic E-state index is -4.67. The van der Waals surface area contributed by atoms with Crippen molar-refractivity contribution in [1.82, 2.24) is 9.88 Å². The molecule has 1 rings (SSSR count). The molecule has 0 aliphatic heterocycles. The van der Waals surface area contributed by atoms with Crippen molar-refractivity contribution in [3.63, 3.8) is 0 Å². The summed E-state index contributed by atoms with van der Waals surface area (Å²) in [5, 5.41) is 0. The molecule has 0 fully saturated rings. The van der Waals surface area contributed by atoms with Crippen molar-refractivity contribution in [1.29, 1.82) is 0 Å². The number of nitrogens with zero attached hydrogens (tertiary/aromatic N) is 2. The Hall–Kier alpha value is -0.570. The molecule has 1 atom stereocenters. The second kappa shape index (κ2) is 8.77. The van der Waals surface area contributed by atoms with E-state index in [-0.39, 0.29) is 31.2 Å². The number of carbonyl (C=O) groups is 1. The quantitative estimate of drug-likeness (QED) is 0.759. The molecule has 0 saturated heterocycles. The fourth-order valence-corrected chi connectivity index (χ4v) is 2.05. The highest BCUT2D eigenvalue weighted by molar-refractivity contribution is 9.10. The first-order chi connectivity index (χ1) is 9.31. The van der Waals surface area contributed by atoms with E-state index in [1.807, 2.05) is 0 Å². The molecule has 0 aromatic carbocycles. The lowest BCUT2D eigenvalue weighted by atomic mass is 10.1. The van der Waals surface area contributed by atoms with Crippen LogP contribution in [0.1, 0.15) is 11.7 Å². The molecule has 4 nitrogen and oxygen atoms in total. The van der Waals surface area contributed by atoms with Gasteiger partial charge in [0.25, 0.3) is 0 Å². The van der Waals surface area contributed by atoms with Crippen molar-refractivity contribution in [3.8, 4) is 0 Å². The maximum Gasteiger partial charge on any atom is 0.414 e. The fourth-order valence-electron chi connectivity index (χ4n) is 1.67. The van der Waals surface area contributed by atoms with Crippen molar-refractivity contribution in [2.45, 2.75) is 12.2 Å². The minimum Gasteiger partial charge on any atom is -0.329 e. The highest BCUT2D eigenvalue weighted by Gasteiger charge is 2.47. The van der Waals surface area contributed by atoms with Gasteiger partial charge in [0, 0.05) is 23.8 Å². The predicted octanol–water partition coefficient (Wildman–Crippen LogP) is 2.90. The third kappa shape index (κ3) is 5.61. The summed E-state index contributed by atoms with van der Waals surface area (Å²) in [4.78, 5) is 16.0. The number of rotatable bonds is 5. The van der Waals surface area contributed by atoms with Crippen LogP contribution in [-0.4, -0.2) is 40.9 Å². The van der Waals surface area contributed by atoms with Crippen molar-refractivity contribution in [2.75, 3.05) is 19.0 Å². The van der Waals surface area contributed by atoms with E-state index in [4.69, 9.17) is 17.3 Å². The summed E-state index contributed by atoms with van der Waals surface area (Å²) in [6.45, 7) is -0.362. The molecule has 1 unspecified atom stereocenters. The van der Waals surface area contributed by atoms with E-state index in [1.54, 1.807) is 0 Å². The van der Waals surface area contributed by atoms with Crippen LogP contribution in [0.15, 0.2) is 22.8 Å². The smallest absolute Gasteiger partial charge is 0.329 e. The summed E-state index contributed by atoms with van der Waals surface area (Å²) in [6.07, 6.45) is -3.43. The lowest BCUT2D eigenvalue weighted by Crippen LogP contribution is -2.45. The topological polar surface area (TPSA) is 59.2 Å². The molecule has 1 amide bonds. The third-order valence-corrected chi connectivity index (χ3v) is 3.15. The summed E-state index contributed by atoms with van der Waals surface area (Å²) in [5.74, 6) is -1.40. The van der Waals surface area contributed by atoms with Crippen LogP contribution in [0.2, 0.25) is 0 Å². The average Bonchev–Trinajstić information content (AvgIpc) is 2.38. The van der Waals surface area contributed by atoms with Crippen molar-refractivity contribution in [2.24, 2.45) is 5.73 Å². The summed E-state index contributed by atoms with van der Waals surface area (Å²) in [7, 11) is 0. The summed E-state index contributed by atoms with van der Waals surface area (Å²) in [5.41, 5.74) is 4.99. The zero-order valence-electron chi connectivity index (χ0n) is 10.6. The SMILES string of the molecule is Cl.NCCN(C(=O)CCl)C(c1ccc(Br)cn1)C(F)(F)F. The number of alkyl halides is 4. The molecule has 1 heterocycles. The minimum absolute atomic E-state index is 0. The van der Waals surface area contributed by atoms with Gasteiger partial charge in [0.2, 0.25) is 5.91 Å². The van der Waals surface area contributed by atoms with Crippen LogP contribution in [0.5, 0.6) is 0 Å². The van der Waals surface area contributed by atoms with Gasteiger partial charge in [0.1, 0.15) is 5.88 Å². The van der Waals surface area contributed by atoms with Crippen LogP contribution in [0.3, 0.4) is 0 Å². The van der Waals surface area contributed by atoms with Gasteiger partial charge in [-0.1, -0.05) is 0 Å². The van der Waals surface area contributed by atoms with Gasteiger partial charge in [0.15, 0.2) is 6.04 Å². The Morgan fingerprint density at radius 3 is 2.48 bits per heavy atom. The first kappa shape index (κ1) is 20.4. The number of pyridine rings is 1. The molecule has 0 spiro atoms. The van der Waals surface area contributed by atoms with Crippen molar-refractivity contribution >= 4 is 45.8 Å². The second-order valence-corrected chi connectivity index (χ2v) is 5.04. The van der Waals surface area contributed by atoms with Gasteiger partial charge in [-0.3, -0.25) is 9.78 Å². The van der Waals surface area contributed by atoms with Crippen molar-refractivity contribution in [3.05, 3.63) is 28.5 Å². The van der Waals surface area contributed by atoms with E-state index in [0.29, 0.717) is 9.37 Å². The molecule has 0 radical (unpaired) electrons. The lowest BCUT2D eigenvalue weighted by Gasteiger charge is -2.32. The molecule has 1 aromatic heterocycles. The van der Waals surface area contributed by atoms with E-state index in [1.165, 1.54) is 18.3 Å². The van der Waals surface area contributed by atoms with Crippen LogP contribution < -0.4 is 5.73 Å². The van der Waals surface area contributed by atoms with Gasteiger partial charge in [-0.2, -0.15) is 13.2 Å². The number of carbonyl (C=O) groups excluding carboxylic acids is 1. The molecule has 0 saturated carbocycles. The second-order valence-electron chi connectivity index (χ2n) is 3.85. The van der Waals surface area contributed by atoms with E-state index in [0.717, 1.165) is 0 Å². The van der Waals surface area contributed by atoms with Gasteiger partial charge in [-0.05, 0) is 28.1 Å². The molecule has 10 heteroatoms. The molecular weight excluding hydrogens is 398 g/mol. The molecule has 1 aromatic rings. The average molecular weight is 411 g/mol. The highest BCUT2D eigenvalue weighted by Crippen LogP contribution is 2.37. The first-order valence-corrected chi connectivity index (χ1v) is 6.87. The van der Waals surface area contributed by atoms with Crippen LogP contribution in [-0.2, 0) is 4.79 Å². The Labute approximate surface area is 139 Å². The Morgan fingerprint density at radius 2 is 2.10 bits per heavy atom. The standard InChI is InChI=1S/C11H12BrClF3N3O.ClH/c12-7-1-2-8(18-6-7)10(11(14,15)16)19(4-3-17)9(20)5-13;/h1-2,6,10H,3-5,17H2;1H. The normalized spacial score (nSPS) is 12.5. The zero-order chi connectivity index (χ0) is 15.3. The summed E-state index contributed by atoms with van der Waals surface area (Å²) < 4.78 is 40.3. The van der Waals surface area contributed by atoms with Gasteiger partial charge in [-0.25, -0.2) is 0 Å². The number of nitrogens with two attached hydrogens (primary N) is 1. The van der Waals surface area contributed by atoms with E-state index in [2.05, 4.69) is 20.9 Å². The maximum absolute atomic E-state index is 13.2. The van der Waals surface area contributed by atoms with Crippen LogP contribution in [0.4, 0.5) is 13.2 Å². The molecule has 0 aliphatic rings. The Bertz CT molecular complexity index is 459. The molecule has 0 bridgehead atoms. The van der Waals surface area contributed by atoms with E-state index < -0.39 is 24.0 Å². The number of hydrogen-bond acceptors (Lipinski definition) is 3. The lowest BCUT2D eigenvalue weighted by molar-refractivity contribution is -0.191. The van der Waals surface area contributed by atoms with Gasteiger partial charge < -0.3 is 10.6 Å². The third-order valence-electron chi connectivity index (χ3n) is 2.46. The fraction of sp³-hybridized carbons (Fsp3) is 0.455. The summed E-state index contributed by atoms with van der Waals surface area (Å²) >= 11 is 8.45. The molecule has 120 valence electrons. The zero-order valence-corrected chi connectivity index (χ0v) is 13.8. The Kier molecular flexibility index (Phi) is 8.53. The summed E-state index contributed by atoms with van der Waals surface area (Å²) in [6, 6.07) is 0.463. The Morgan fingerprint density at radius 1 is 1.48 bits per heavy atom. The van der Waals surface area contributed by atoms with E-state index in [9.17, 15) is 18.0 Å². The molecule has 21 heavy (non-hydrogen) atoms. The predicted molar refractivity (Wildman–Crippen MR) is 79.5 cm³/mol.